The number of rotatable bonds is 6. The predicted octanol–water partition coefficient (Wildman–Crippen LogP) is 3.28. The SMILES string of the molecule is Cc1cc(Cl)ccc1OCC(=O)NC(=S)NNC(=O)COc1ccc2ccccc2c1. The molecule has 0 aromatic heterocycles. The highest BCUT2D eigenvalue weighted by atomic mass is 35.5. The lowest BCUT2D eigenvalue weighted by Crippen LogP contribution is -2.50. The van der Waals surface area contributed by atoms with Crippen LogP contribution in [0.1, 0.15) is 5.56 Å². The highest BCUT2D eigenvalue weighted by Crippen LogP contribution is 2.22. The summed E-state index contributed by atoms with van der Waals surface area (Å²) in [6.07, 6.45) is 0. The molecular weight excluding hydrogens is 438 g/mol. The van der Waals surface area contributed by atoms with Gasteiger partial charge in [0.2, 0.25) is 0 Å². The average molecular weight is 458 g/mol. The molecule has 0 heterocycles. The molecule has 0 aliphatic carbocycles. The van der Waals surface area contributed by atoms with Crippen molar-refractivity contribution in [3.63, 3.8) is 0 Å². The van der Waals surface area contributed by atoms with Crippen molar-refractivity contribution in [2.45, 2.75) is 6.92 Å². The second-order valence-electron chi connectivity index (χ2n) is 6.55. The Morgan fingerprint density at radius 3 is 2.42 bits per heavy atom. The number of amides is 2. The molecule has 0 spiro atoms. The van der Waals surface area contributed by atoms with Gasteiger partial charge in [-0.2, -0.15) is 0 Å². The number of ether oxygens (including phenoxy) is 2. The summed E-state index contributed by atoms with van der Waals surface area (Å²) >= 11 is 10.9. The van der Waals surface area contributed by atoms with Crippen LogP contribution in [0.2, 0.25) is 5.02 Å². The summed E-state index contributed by atoms with van der Waals surface area (Å²) < 4.78 is 10.9. The minimum absolute atomic E-state index is 0.0690. The van der Waals surface area contributed by atoms with E-state index in [-0.39, 0.29) is 18.3 Å². The molecule has 31 heavy (non-hydrogen) atoms. The number of hydrogen-bond donors (Lipinski definition) is 3. The molecule has 9 heteroatoms. The largest absolute Gasteiger partial charge is 0.484 e. The smallest absolute Gasteiger partial charge is 0.276 e. The van der Waals surface area contributed by atoms with Gasteiger partial charge >= 0.3 is 0 Å². The second-order valence-corrected chi connectivity index (χ2v) is 7.39. The summed E-state index contributed by atoms with van der Waals surface area (Å²) in [4.78, 5) is 23.9. The van der Waals surface area contributed by atoms with Gasteiger partial charge in [0.05, 0.1) is 0 Å². The van der Waals surface area contributed by atoms with E-state index >= 15 is 0 Å². The fourth-order valence-electron chi connectivity index (χ4n) is 2.68. The zero-order chi connectivity index (χ0) is 22.2. The van der Waals surface area contributed by atoms with Crippen LogP contribution >= 0.6 is 23.8 Å². The molecule has 7 nitrogen and oxygen atoms in total. The maximum atomic E-state index is 11.9. The number of carbonyl (C=O) groups is 2. The van der Waals surface area contributed by atoms with Gasteiger partial charge in [0.15, 0.2) is 18.3 Å². The van der Waals surface area contributed by atoms with Crippen LogP contribution in [0.5, 0.6) is 11.5 Å². The first kappa shape index (κ1) is 22.3. The number of carbonyl (C=O) groups excluding carboxylic acids is 2. The van der Waals surface area contributed by atoms with E-state index in [1.54, 1.807) is 24.3 Å². The van der Waals surface area contributed by atoms with Crippen molar-refractivity contribution in [2.24, 2.45) is 0 Å². The third-order valence-electron chi connectivity index (χ3n) is 4.16. The maximum Gasteiger partial charge on any atom is 0.276 e. The normalized spacial score (nSPS) is 10.3. The fourth-order valence-corrected chi connectivity index (χ4v) is 3.07. The lowest BCUT2D eigenvalue weighted by molar-refractivity contribution is -0.124. The second kappa shape index (κ2) is 10.6. The molecule has 0 saturated carbocycles. The summed E-state index contributed by atoms with van der Waals surface area (Å²) in [5, 5.41) is 5.01. The van der Waals surface area contributed by atoms with Crippen LogP contribution in [-0.4, -0.2) is 30.1 Å². The highest BCUT2D eigenvalue weighted by molar-refractivity contribution is 7.80. The van der Waals surface area contributed by atoms with E-state index in [0.717, 1.165) is 16.3 Å². The minimum atomic E-state index is -0.478. The number of thiocarbonyl (C=S) groups is 1. The molecule has 3 N–H and O–H groups in total. The first-order chi connectivity index (χ1) is 14.9. The van der Waals surface area contributed by atoms with Gasteiger partial charge in [-0.25, -0.2) is 0 Å². The molecule has 0 unspecified atom stereocenters. The zero-order valence-corrected chi connectivity index (χ0v) is 18.2. The van der Waals surface area contributed by atoms with Crippen molar-refractivity contribution >= 4 is 51.5 Å². The number of benzene rings is 3. The molecule has 0 radical (unpaired) electrons. The number of fused-ring (bicyclic) bond motifs is 1. The van der Waals surface area contributed by atoms with Gasteiger partial charge in [-0.1, -0.05) is 41.9 Å². The molecular formula is C22H20ClN3O4S. The Balaban J connectivity index is 1.37. The first-order valence-corrected chi connectivity index (χ1v) is 10.1. The summed E-state index contributed by atoms with van der Waals surface area (Å²) in [5.74, 6) is 0.170. The quantitative estimate of drug-likeness (QED) is 0.389. The highest BCUT2D eigenvalue weighted by Gasteiger charge is 2.09. The van der Waals surface area contributed by atoms with E-state index in [9.17, 15) is 9.59 Å². The predicted molar refractivity (Wildman–Crippen MR) is 123 cm³/mol. The molecule has 0 aliphatic heterocycles. The van der Waals surface area contributed by atoms with E-state index in [0.29, 0.717) is 16.5 Å². The van der Waals surface area contributed by atoms with Gasteiger partial charge in [0.25, 0.3) is 11.8 Å². The molecule has 3 aromatic carbocycles. The average Bonchev–Trinajstić information content (AvgIpc) is 2.75. The van der Waals surface area contributed by atoms with Gasteiger partial charge in [0.1, 0.15) is 11.5 Å². The molecule has 160 valence electrons. The third kappa shape index (κ3) is 6.84. The van der Waals surface area contributed by atoms with Crippen LogP contribution in [0.15, 0.2) is 60.7 Å². The van der Waals surface area contributed by atoms with E-state index < -0.39 is 11.8 Å². The number of hydrazine groups is 1. The standard InChI is InChI=1S/C22H20ClN3O4S/c1-14-10-17(23)7-9-19(14)30-12-20(27)24-22(31)26-25-21(28)13-29-18-8-6-15-4-2-3-5-16(15)11-18/h2-11H,12-13H2,1H3,(H,25,28)(H2,24,26,27,31). The van der Waals surface area contributed by atoms with Crippen molar-refractivity contribution in [3.8, 4) is 11.5 Å². The number of hydrogen-bond acceptors (Lipinski definition) is 5. The van der Waals surface area contributed by atoms with E-state index in [1.165, 1.54) is 0 Å². The third-order valence-corrected chi connectivity index (χ3v) is 4.59. The molecule has 2 amide bonds. The van der Waals surface area contributed by atoms with Crippen molar-refractivity contribution in [1.82, 2.24) is 16.2 Å². The van der Waals surface area contributed by atoms with E-state index in [4.69, 9.17) is 33.3 Å². The van der Waals surface area contributed by atoms with Crippen LogP contribution in [-0.2, 0) is 9.59 Å². The van der Waals surface area contributed by atoms with Gasteiger partial charge in [-0.05, 0) is 65.8 Å². The van der Waals surface area contributed by atoms with E-state index in [2.05, 4.69) is 16.2 Å². The van der Waals surface area contributed by atoms with Gasteiger partial charge in [0, 0.05) is 5.02 Å². The Bertz CT molecular complexity index is 1120. The zero-order valence-electron chi connectivity index (χ0n) is 16.6. The Morgan fingerprint density at radius 1 is 0.903 bits per heavy atom. The molecule has 0 atom stereocenters. The topological polar surface area (TPSA) is 88.7 Å². The summed E-state index contributed by atoms with van der Waals surface area (Å²) in [5.41, 5.74) is 5.61. The number of nitrogens with one attached hydrogen (secondary N) is 3. The van der Waals surface area contributed by atoms with Crippen LogP contribution in [0.3, 0.4) is 0 Å². The van der Waals surface area contributed by atoms with Gasteiger partial charge in [-0.15, -0.1) is 0 Å². The monoisotopic (exact) mass is 457 g/mol. The molecule has 0 bridgehead atoms. The summed E-state index contributed by atoms with van der Waals surface area (Å²) in [6.45, 7) is 1.35. The molecule has 3 rings (SSSR count). The lowest BCUT2D eigenvalue weighted by Gasteiger charge is -2.12. The number of halogens is 1. The van der Waals surface area contributed by atoms with Crippen LogP contribution in [0, 0.1) is 6.92 Å². The Hall–Kier alpha value is -3.36. The van der Waals surface area contributed by atoms with E-state index in [1.807, 2.05) is 43.3 Å². The van der Waals surface area contributed by atoms with Crippen molar-refractivity contribution in [3.05, 3.63) is 71.2 Å². The summed E-state index contributed by atoms with van der Waals surface area (Å²) in [6, 6.07) is 18.5. The van der Waals surface area contributed by atoms with Crippen molar-refractivity contribution in [1.29, 1.82) is 0 Å². The number of aryl methyl sites for hydroxylation is 1. The van der Waals surface area contributed by atoms with Crippen molar-refractivity contribution < 1.29 is 19.1 Å². The molecule has 0 saturated heterocycles. The minimum Gasteiger partial charge on any atom is -0.484 e. The molecule has 0 aliphatic rings. The van der Waals surface area contributed by atoms with Crippen molar-refractivity contribution in [2.75, 3.05) is 13.2 Å². The van der Waals surface area contributed by atoms with Crippen LogP contribution in [0.4, 0.5) is 0 Å². The van der Waals surface area contributed by atoms with Gasteiger partial charge < -0.3 is 9.47 Å². The Morgan fingerprint density at radius 2 is 1.65 bits per heavy atom. The van der Waals surface area contributed by atoms with Crippen LogP contribution < -0.4 is 25.6 Å². The first-order valence-electron chi connectivity index (χ1n) is 9.30. The molecule has 3 aromatic rings. The van der Waals surface area contributed by atoms with Gasteiger partial charge in [-0.3, -0.25) is 25.8 Å². The Kier molecular flexibility index (Phi) is 7.64. The summed E-state index contributed by atoms with van der Waals surface area (Å²) in [7, 11) is 0. The Labute approximate surface area is 189 Å². The molecule has 0 fully saturated rings. The maximum absolute atomic E-state index is 11.9. The van der Waals surface area contributed by atoms with Crippen LogP contribution in [0.25, 0.3) is 10.8 Å². The fraction of sp³-hybridized carbons (Fsp3) is 0.136. The lowest BCUT2D eigenvalue weighted by atomic mass is 10.1.